The molecule has 9 heteroatoms. The molecule has 0 aliphatic rings. The predicted molar refractivity (Wildman–Crippen MR) is 39.3 cm³/mol. The molecule has 6 N–H and O–H groups in total. The van der Waals surface area contributed by atoms with Gasteiger partial charge in [-0.1, -0.05) is 0 Å². The van der Waals surface area contributed by atoms with E-state index in [0.29, 0.717) is 0 Å². The van der Waals surface area contributed by atoms with Gasteiger partial charge in [-0.15, -0.1) is 0 Å². The molecule has 15 heavy (non-hydrogen) atoms. The first-order valence-electron chi connectivity index (χ1n) is 3.47. The Morgan fingerprint density at radius 1 is 0.733 bits per heavy atom. The van der Waals surface area contributed by atoms with Gasteiger partial charge in [0.2, 0.25) is 0 Å². The molecule has 0 radical (unpaired) electrons. The molecule has 0 spiro atoms. The van der Waals surface area contributed by atoms with Crippen LogP contribution in [0.2, 0.25) is 0 Å². The summed E-state index contributed by atoms with van der Waals surface area (Å²) in [6.45, 7) is 0. The third-order valence-corrected chi connectivity index (χ3v) is 1.50. The van der Waals surface area contributed by atoms with Gasteiger partial charge in [-0.05, 0) is 0 Å². The number of aliphatic hydroxyl groups is 4. The molecule has 0 rings (SSSR count). The van der Waals surface area contributed by atoms with Gasteiger partial charge >= 0.3 is 11.9 Å². The van der Waals surface area contributed by atoms with E-state index in [9.17, 15) is 9.59 Å². The van der Waals surface area contributed by atoms with Crippen molar-refractivity contribution in [3.05, 3.63) is 0 Å². The Morgan fingerprint density at radius 3 is 1.07 bits per heavy atom. The van der Waals surface area contributed by atoms with Crippen LogP contribution in [0.5, 0.6) is 0 Å². The Balaban J connectivity index is 0. The molecule has 0 fully saturated rings. The summed E-state index contributed by atoms with van der Waals surface area (Å²) in [7, 11) is 0. The van der Waals surface area contributed by atoms with E-state index >= 15 is 0 Å². The molecule has 0 amide bonds. The van der Waals surface area contributed by atoms with Crippen LogP contribution in [0.1, 0.15) is 0 Å². The summed E-state index contributed by atoms with van der Waals surface area (Å²) in [5, 5.41) is 51.5. The van der Waals surface area contributed by atoms with Crippen molar-refractivity contribution in [2.75, 3.05) is 0 Å². The van der Waals surface area contributed by atoms with Gasteiger partial charge in [0, 0.05) is 19.5 Å². The minimum Gasteiger partial charge on any atom is -0.479 e. The third kappa shape index (κ3) is 4.63. The number of hydrogen-bond acceptors (Lipinski definition) is 6. The largest absolute Gasteiger partial charge is 0.479 e. The van der Waals surface area contributed by atoms with Crippen molar-refractivity contribution in [3.63, 3.8) is 0 Å². The molecule has 0 unspecified atom stereocenters. The maximum Gasteiger partial charge on any atom is 0.335 e. The van der Waals surface area contributed by atoms with Crippen molar-refractivity contribution in [1.29, 1.82) is 0 Å². The summed E-state index contributed by atoms with van der Waals surface area (Å²) in [5.41, 5.74) is 0. The fourth-order valence-corrected chi connectivity index (χ4v) is 0.666. The first-order valence-corrected chi connectivity index (χ1v) is 3.47. The average Bonchev–Trinajstić information content (AvgIpc) is 2.12. The van der Waals surface area contributed by atoms with E-state index in [1.54, 1.807) is 0 Å². The number of rotatable bonds is 5. The number of carboxylic acids is 2. The molecule has 0 saturated heterocycles. The summed E-state index contributed by atoms with van der Waals surface area (Å²) in [4.78, 5) is 20.2. The molecule has 84 valence electrons. The van der Waals surface area contributed by atoms with E-state index in [2.05, 4.69) is 0 Å². The normalized spacial score (nSPS) is 18.1. The van der Waals surface area contributed by atoms with Gasteiger partial charge in [0.25, 0.3) is 0 Å². The van der Waals surface area contributed by atoms with Crippen molar-refractivity contribution in [1.82, 2.24) is 0 Å². The van der Waals surface area contributed by atoms with E-state index in [4.69, 9.17) is 30.6 Å². The first kappa shape index (κ1) is 16.8. The Bertz CT molecular complexity index is 207. The SMILES string of the molecule is O=C(O)[C@H](O)[C@H](O)[C@H](O)[C@@H](O)C(=O)O.[Zn]. The molecular formula is C6H10O8Zn. The van der Waals surface area contributed by atoms with Gasteiger partial charge in [0.1, 0.15) is 12.2 Å². The Labute approximate surface area is 96.5 Å². The molecule has 0 aromatic carbocycles. The molecule has 0 aromatic rings. The molecule has 8 nitrogen and oxygen atoms in total. The second kappa shape index (κ2) is 6.81. The molecule has 0 bridgehead atoms. The molecule has 0 aliphatic heterocycles. The summed E-state index contributed by atoms with van der Waals surface area (Å²) < 4.78 is 0. The van der Waals surface area contributed by atoms with Gasteiger partial charge in [0.15, 0.2) is 12.2 Å². The van der Waals surface area contributed by atoms with Crippen LogP contribution in [-0.4, -0.2) is 67.0 Å². The van der Waals surface area contributed by atoms with Crippen LogP contribution in [0.4, 0.5) is 0 Å². The van der Waals surface area contributed by atoms with Gasteiger partial charge < -0.3 is 30.6 Å². The average molecular weight is 276 g/mol. The fraction of sp³-hybridized carbons (Fsp3) is 0.667. The monoisotopic (exact) mass is 274 g/mol. The summed E-state index contributed by atoms with van der Waals surface area (Å²) in [6.07, 6.45) is -9.28. The van der Waals surface area contributed by atoms with Crippen LogP contribution < -0.4 is 0 Å². The zero-order valence-corrected chi connectivity index (χ0v) is 10.5. The van der Waals surface area contributed by atoms with E-state index < -0.39 is 36.4 Å². The molecule has 4 atom stereocenters. The molecule has 0 aromatic heterocycles. The second-order valence-electron chi connectivity index (χ2n) is 2.55. The molecule has 0 saturated carbocycles. The number of carboxylic acid groups (broad SMARTS) is 2. The van der Waals surface area contributed by atoms with Crippen molar-refractivity contribution in [3.8, 4) is 0 Å². The standard InChI is InChI=1S/C6H10O8.Zn/c7-1(3(9)5(11)12)2(8)4(10)6(13)14;/h1-4,7-10H,(H,11,12)(H,13,14);/t1-,2+,3-,4-;/m1./s1. The topological polar surface area (TPSA) is 156 Å². The predicted octanol–water partition coefficient (Wildman–Crippen LogP) is -3.40. The van der Waals surface area contributed by atoms with Crippen LogP contribution in [0, 0.1) is 0 Å². The minimum absolute atomic E-state index is 0. The number of aliphatic carboxylic acids is 2. The zero-order chi connectivity index (χ0) is 11.5. The second-order valence-corrected chi connectivity index (χ2v) is 2.55. The fourth-order valence-electron chi connectivity index (χ4n) is 0.666. The Morgan fingerprint density at radius 2 is 0.933 bits per heavy atom. The summed E-state index contributed by atoms with van der Waals surface area (Å²) in [5.74, 6) is -3.68. The smallest absolute Gasteiger partial charge is 0.335 e. The number of hydrogen-bond donors (Lipinski definition) is 6. The summed E-state index contributed by atoms with van der Waals surface area (Å²) in [6, 6.07) is 0. The van der Waals surface area contributed by atoms with Crippen LogP contribution in [0.15, 0.2) is 0 Å². The first-order chi connectivity index (χ1) is 6.29. The quantitative estimate of drug-likeness (QED) is 0.284. The van der Waals surface area contributed by atoms with Crippen molar-refractivity contribution < 1.29 is 59.7 Å². The van der Waals surface area contributed by atoms with Crippen LogP contribution in [0.3, 0.4) is 0 Å². The van der Waals surface area contributed by atoms with Crippen LogP contribution in [-0.2, 0) is 29.1 Å². The third-order valence-electron chi connectivity index (χ3n) is 1.50. The maximum absolute atomic E-state index is 10.1. The maximum atomic E-state index is 10.1. The van der Waals surface area contributed by atoms with Crippen LogP contribution >= 0.6 is 0 Å². The van der Waals surface area contributed by atoms with Gasteiger partial charge in [-0.25, -0.2) is 9.59 Å². The zero-order valence-electron chi connectivity index (χ0n) is 7.52. The molecule has 0 heterocycles. The van der Waals surface area contributed by atoms with E-state index in [1.807, 2.05) is 0 Å². The summed E-state index contributed by atoms with van der Waals surface area (Å²) >= 11 is 0. The molecule has 0 aliphatic carbocycles. The van der Waals surface area contributed by atoms with Gasteiger partial charge in [-0.2, -0.15) is 0 Å². The van der Waals surface area contributed by atoms with Crippen molar-refractivity contribution in [2.24, 2.45) is 0 Å². The van der Waals surface area contributed by atoms with E-state index in [1.165, 1.54) is 0 Å². The van der Waals surface area contributed by atoms with Crippen molar-refractivity contribution in [2.45, 2.75) is 24.4 Å². The number of carbonyl (C=O) groups is 2. The van der Waals surface area contributed by atoms with E-state index in [-0.39, 0.29) is 19.5 Å². The van der Waals surface area contributed by atoms with Crippen LogP contribution in [0.25, 0.3) is 0 Å². The van der Waals surface area contributed by atoms with Gasteiger partial charge in [-0.3, -0.25) is 0 Å². The van der Waals surface area contributed by atoms with E-state index in [0.717, 1.165) is 0 Å². The van der Waals surface area contributed by atoms with Crippen molar-refractivity contribution >= 4 is 11.9 Å². The Kier molecular flexibility index (Phi) is 7.63. The Hall–Kier alpha value is -0.597. The minimum atomic E-state index is -2.36. The number of aliphatic hydroxyl groups excluding tert-OH is 4. The van der Waals surface area contributed by atoms with Gasteiger partial charge in [0.05, 0.1) is 0 Å². The molecular weight excluding hydrogens is 265 g/mol.